The fourth-order valence-electron chi connectivity index (χ4n) is 4.28. The van der Waals surface area contributed by atoms with E-state index in [0.717, 1.165) is 79.7 Å². The van der Waals surface area contributed by atoms with E-state index in [2.05, 4.69) is 21.7 Å². The van der Waals surface area contributed by atoms with Gasteiger partial charge in [-0.05, 0) is 36.5 Å². The van der Waals surface area contributed by atoms with Gasteiger partial charge in [-0.3, -0.25) is 14.7 Å². The van der Waals surface area contributed by atoms with E-state index in [0.29, 0.717) is 12.3 Å². The molecule has 2 aromatic rings. The van der Waals surface area contributed by atoms with Gasteiger partial charge in [0.15, 0.2) is 0 Å². The van der Waals surface area contributed by atoms with E-state index in [9.17, 15) is 9.90 Å². The first-order valence-electron chi connectivity index (χ1n) is 10.4. The van der Waals surface area contributed by atoms with E-state index in [1.807, 2.05) is 18.2 Å². The van der Waals surface area contributed by atoms with E-state index in [1.165, 1.54) is 0 Å². The van der Waals surface area contributed by atoms with Crippen molar-refractivity contribution < 1.29 is 9.84 Å². The van der Waals surface area contributed by atoms with Crippen molar-refractivity contribution in [1.29, 1.82) is 0 Å². The lowest BCUT2D eigenvalue weighted by molar-refractivity contribution is 0.240. The first-order valence-corrected chi connectivity index (χ1v) is 10.4. The van der Waals surface area contributed by atoms with Gasteiger partial charge in [0.1, 0.15) is 5.75 Å². The number of aliphatic hydroxyl groups is 1. The number of aromatic amines is 1. The molecule has 2 aliphatic rings. The largest absolute Gasteiger partial charge is 0.496 e. The molecular weight excluding hydrogens is 368 g/mol. The van der Waals surface area contributed by atoms with E-state index in [4.69, 9.17) is 9.72 Å². The van der Waals surface area contributed by atoms with Crippen LogP contribution in [-0.4, -0.2) is 46.7 Å². The fraction of sp³-hybridized carbons (Fsp3) is 0.545. The lowest BCUT2D eigenvalue weighted by Crippen LogP contribution is -2.39. The molecule has 156 valence electrons. The second-order valence-electron chi connectivity index (χ2n) is 8.25. The molecule has 1 saturated heterocycles. The van der Waals surface area contributed by atoms with Gasteiger partial charge in [-0.25, -0.2) is 4.98 Å². The molecule has 7 heteroatoms. The van der Waals surface area contributed by atoms with Gasteiger partial charge in [0.2, 0.25) is 5.95 Å². The van der Waals surface area contributed by atoms with Crippen molar-refractivity contribution in [1.82, 2.24) is 14.9 Å². The molecular formula is C22H30N4O3. The van der Waals surface area contributed by atoms with Gasteiger partial charge in [0, 0.05) is 44.7 Å². The van der Waals surface area contributed by atoms with Crippen molar-refractivity contribution in [3.63, 3.8) is 0 Å². The molecule has 2 N–H and O–H groups in total. The minimum Gasteiger partial charge on any atom is -0.496 e. The summed E-state index contributed by atoms with van der Waals surface area (Å²) in [5.74, 6) is 2.17. The predicted molar refractivity (Wildman–Crippen MR) is 112 cm³/mol. The standard InChI is InChI=1S/C22H30N4O3/c1-15-5-9-26(10-6-15)22-23-19-7-8-25(13-18(19)21(28)24-22)12-16-3-4-20(29-2)17(11-16)14-27/h3-4,11,15,27H,5-10,12-14H2,1-2H3,(H,23,24,28). The van der Waals surface area contributed by atoms with Crippen LogP contribution in [0.3, 0.4) is 0 Å². The molecule has 2 aliphatic heterocycles. The van der Waals surface area contributed by atoms with Crippen LogP contribution in [0.1, 0.15) is 42.1 Å². The average Bonchev–Trinajstić information content (AvgIpc) is 2.74. The molecule has 0 unspecified atom stereocenters. The highest BCUT2D eigenvalue weighted by molar-refractivity contribution is 5.37. The summed E-state index contributed by atoms with van der Waals surface area (Å²) in [5, 5.41) is 9.54. The minimum absolute atomic E-state index is 0.0147. The number of hydrogen-bond donors (Lipinski definition) is 2. The highest BCUT2D eigenvalue weighted by Crippen LogP contribution is 2.24. The lowest BCUT2D eigenvalue weighted by Gasteiger charge is -2.32. The topological polar surface area (TPSA) is 81.7 Å². The van der Waals surface area contributed by atoms with Crippen LogP contribution in [-0.2, 0) is 26.1 Å². The Hall–Kier alpha value is -2.38. The Morgan fingerprint density at radius 1 is 1.28 bits per heavy atom. The average molecular weight is 399 g/mol. The number of rotatable bonds is 5. The van der Waals surface area contributed by atoms with Crippen LogP contribution in [0.15, 0.2) is 23.0 Å². The lowest BCUT2D eigenvalue weighted by atomic mass is 9.99. The number of aliphatic hydroxyl groups excluding tert-OH is 1. The fourth-order valence-corrected chi connectivity index (χ4v) is 4.28. The molecule has 0 bridgehead atoms. The summed E-state index contributed by atoms with van der Waals surface area (Å²) in [6.07, 6.45) is 3.07. The second-order valence-corrected chi connectivity index (χ2v) is 8.25. The number of aromatic nitrogens is 2. The summed E-state index contributed by atoms with van der Waals surface area (Å²) in [5.41, 5.74) is 3.58. The van der Waals surface area contributed by atoms with Gasteiger partial charge in [0.25, 0.3) is 5.56 Å². The van der Waals surface area contributed by atoms with Gasteiger partial charge >= 0.3 is 0 Å². The van der Waals surface area contributed by atoms with Crippen molar-refractivity contribution in [3.8, 4) is 5.75 Å². The Kier molecular flexibility index (Phi) is 5.87. The maximum atomic E-state index is 12.8. The molecule has 29 heavy (non-hydrogen) atoms. The molecule has 4 rings (SSSR count). The zero-order chi connectivity index (χ0) is 20.4. The Bertz CT molecular complexity index is 919. The van der Waals surface area contributed by atoms with E-state index >= 15 is 0 Å². The molecule has 0 aliphatic carbocycles. The number of benzene rings is 1. The van der Waals surface area contributed by atoms with Crippen molar-refractivity contribution in [2.24, 2.45) is 5.92 Å². The number of fused-ring (bicyclic) bond motifs is 1. The predicted octanol–water partition coefficient (Wildman–Crippen LogP) is 2.07. The molecule has 7 nitrogen and oxygen atoms in total. The number of H-pyrrole nitrogens is 1. The summed E-state index contributed by atoms with van der Waals surface area (Å²) in [6.45, 7) is 6.32. The third-order valence-corrected chi connectivity index (χ3v) is 6.14. The Morgan fingerprint density at radius 2 is 2.07 bits per heavy atom. The monoisotopic (exact) mass is 398 g/mol. The molecule has 0 amide bonds. The molecule has 0 atom stereocenters. The first-order chi connectivity index (χ1) is 14.1. The molecule has 0 spiro atoms. The molecule has 0 saturated carbocycles. The van der Waals surface area contributed by atoms with Crippen LogP contribution < -0.4 is 15.2 Å². The second kappa shape index (κ2) is 8.55. The summed E-state index contributed by atoms with van der Waals surface area (Å²) in [6, 6.07) is 5.87. The summed E-state index contributed by atoms with van der Waals surface area (Å²) in [4.78, 5) is 25.1. The third-order valence-electron chi connectivity index (χ3n) is 6.14. The summed E-state index contributed by atoms with van der Waals surface area (Å²) in [7, 11) is 1.60. The van der Waals surface area contributed by atoms with Crippen molar-refractivity contribution in [2.45, 2.75) is 45.9 Å². The van der Waals surface area contributed by atoms with Gasteiger partial charge in [0.05, 0.1) is 25.0 Å². The zero-order valence-corrected chi connectivity index (χ0v) is 17.3. The van der Waals surface area contributed by atoms with Crippen LogP contribution in [0.4, 0.5) is 5.95 Å². The number of nitrogens with zero attached hydrogens (tertiary/aromatic N) is 3. The molecule has 0 radical (unpaired) electrons. The Labute approximate surface area is 171 Å². The maximum Gasteiger partial charge on any atom is 0.257 e. The van der Waals surface area contributed by atoms with Crippen LogP contribution in [0, 0.1) is 5.92 Å². The SMILES string of the molecule is COc1ccc(CN2CCc3nc(N4CCC(C)CC4)[nH]c(=O)c3C2)cc1CO. The van der Waals surface area contributed by atoms with Gasteiger partial charge in [-0.2, -0.15) is 0 Å². The van der Waals surface area contributed by atoms with Crippen LogP contribution in [0.2, 0.25) is 0 Å². The molecule has 1 aromatic heterocycles. The van der Waals surface area contributed by atoms with Crippen LogP contribution in [0.5, 0.6) is 5.75 Å². The van der Waals surface area contributed by atoms with Gasteiger partial charge in [-0.1, -0.05) is 13.0 Å². The maximum absolute atomic E-state index is 12.8. The van der Waals surface area contributed by atoms with Crippen molar-refractivity contribution >= 4 is 5.95 Å². The molecule has 1 aromatic carbocycles. The van der Waals surface area contributed by atoms with Crippen molar-refractivity contribution in [2.75, 3.05) is 31.6 Å². The highest BCUT2D eigenvalue weighted by Gasteiger charge is 2.24. The summed E-state index contributed by atoms with van der Waals surface area (Å²) >= 11 is 0. The Morgan fingerprint density at radius 3 is 2.79 bits per heavy atom. The number of ether oxygens (including phenoxy) is 1. The smallest absolute Gasteiger partial charge is 0.257 e. The van der Waals surface area contributed by atoms with Crippen LogP contribution >= 0.6 is 0 Å². The van der Waals surface area contributed by atoms with E-state index in [-0.39, 0.29) is 12.2 Å². The first kappa shape index (κ1) is 19.9. The summed E-state index contributed by atoms with van der Waals surface area (Å²) < 4.78 is 5.28. The van der Waals surface area contributed by atoms with E-state index in [1.54, 1.807) is 7.11 Å². The molecule has 3 heterocycles. The van der Waals surface area contributed by atoms with E-state index < -0.39 is 0 Å². The van der Waals surface area contributed by atoms with Crippen molar-refractivity contribution in [3.05, 3.63) is 50.9 Å². The molecule has 1 fully saturated rings. The van der Waals surface area contributed by atoms with Gasteiger partial charge < -0.3 is 14.7 Å². The number of anilines is 1. The van der Waals surface area contributed by atoms with Crippen LogP contribution in [0.25, 0.3) is 0 Å². The number of methoxy groups -OCH3 is 1. The normalized spacial score (nSPS) is 18.0. The number of nitrogens with one attached hydrogen (secondary N) is 1. The number of piperidine rings is 1. The quantitative estimate of drug-likeness (QED) is 0.802. The third kappa shape index (κ3) is 4.31. The minimum atomic E-state index is -0.0541. The zero-order valence-electron chi connectivity index (χ0n) is 17.3. The highest BCUT2D eigenvalue weighted by atomic mass is 16.5. The van der Waals surface area contributed by atoms with Gasteiger partial charge in [-0.15, -0.1) is 0 Å². The Balaban J connectivity index is 1.48. The number of hydrogen-bond acceptors (Lipinski definition) is 6.